The van der Waals surface area contributed by atoms with Gasteiger partial charge in [0.05, 0.1) is 0 Å². The van der Waals surface area contributed by atoms with Crippen molar-refractivity contribution in [1.82, 2.24) is 10.3 Å². The first-order chi connectivity index (χ1) is 8.88. The van der Waals surface area contributed by atoms with Gasteiger partial charge in [0.15, 0.2) is 0 Å². The molecule has 0 radical (unpaired) electrons. The molecule has 1 saturated heterocycles. The highest BCUT2D eigenvalue weighted by atomic mass is 14.9. The van der Waals surface area contributed by atoms with E-state index in [1.54, 1.807) is 0 Å². The molecule has 2 atom stereocenters. The predicted octanol–water partition coefficient (Wildman–Crippen LogP) is 3.69. The summed E-state index contributed by atoms with van der Waals surface area (Å²) in [5, 5.41) is 6.25. The van der Waals surface area contributed by atoms with Crippen LogP contribution in [0.2, 0.25) is 0 Å². The Kier molecular flexibility index (Phi) is 3.28. The van der Waals surface area contributed by atoms with Crippen molar-refractivity contribution >= 4 is 10.8 Å². The Balaban J connectivity index is 1.98. The van der Waals surface area contributed by atoms with Gasteiger partial charge in [0.25, 0.3) is 0 Å². The minimum atomic E-state index is 0.474. The third-order valence-electron chi connectivity index (χ3n) is 4.16. The third kappa shape index (κ3) is 2.13. The van der Waals surface area contributed by atoms with Crippen LogP contribution in [-0.2, 0) is 0 Å². The number of nitrogens with zero attached hydrogens (tertiary/aromatic N) is 1. The largest absolute Gasteiger partial charge is 0.310 e. The average molecular weight is 240 g/mol. The van der Waals surface area contributed by atoms with Gasteiger partial charge in [0.2, 0.25) is 0 Å². The summed E-state index contributed by atoms with van der Waals surface area (Å²) < 4.78 is 0. The Morgan fingerprint density at radius 3 is 3.06 bits per heavy atom. The first kappa shape index (κ1) is 11.7. The van der Waals surface area contributed by atoms with E-state index in [0.29, 0.717) is 6.04 Å². The molecule has 0 bridgehead atoms. The van der Waals surface area contributed by atoms with Gasteiger partial charge in [-0.15, -0.1) is 0 Å². The van der Waals surface area contributed by atoms with Crippen LogP contribution >= 0.6 is 0 Å². The van der Waals surface area contributed by atoms with Gasteiger partial charge in [-0.05, 0) is 36.3 Å². The molecule has 2 nitrogen and oxygen atoms in total. The fourth-order valence-corrected chi connectivity index (χ4v) is 3.02. The Hall–Kier alpha value is -1.41. The summed E-state index contributed by atoms with van der Waals surface area (Å²) in [4.78, 5) is 4.40. The van der Waals surface area contributed by atoms with Gasteiger partial charge in [-0.25, -0.2) is 0 Å². The lowest BCUT2D eigenvalue weighted by molar-refractivity contribution is 0.300. The van der Waals surface area contributed by atoms with Crippen molar-refractivity contribution in [3.8, 4) is 0 Å². The Morgan fingerprint density at radius 2 is 2.17 bits per heavy atom. The van der Waals surface area contributed by atoms with Crippen LogP contribution in [0.1, 0.15) is 37.8 Å². The lowest BCUT2D eigenvalue weighted by Gasteiger charge is -2.30. The average Bonchev–Trinajstić information content (AvgIpc) is 2.47. The summed E-state index contributed by atoms with van der Waals surface area (Å²) in [7, 11) is 0. The number of benzene rings is 1. The number of nitrogens with one attached hydrogen (secondary N) is 1. The zero-order valence-electron chi connectivity index (χ0n) is 10.9. The molecule has 1 aromatic heterocycles. The van der Waals surface area contributed by atoms with E-state index in [1.807, 2.05) is 12.4 Å². The second-order valence-electron chi connectivity index (χ2n) is 5.26. The van der Waals surface area contributed by atoms with Gasteiger partial charge in [0, 0.05) is 23.8 Å². The normalized spacial score (nSPS) is 24.3. The molecule has 2 unspecified atom stereocenters. The number of fused-ring (bicyclic) bond motifs is 1. The van der Waals surface area contributed by atoms with Crippen LogP contribution in [0, 0.1) is 5.92 Å². The summed E-state index contributed by atoms with van der Waals surface area (Å²) in [5.74, 6) is 0.857. The van der Waals surface area contributed by atoms with E-state index in [9.17, 15) is 0 Å². The number of hydrogen-bond donors (Lipinski definition) is 1. The van der Waals surface area contributed by atoms with Crippen molar-refractivity contribution in [2.45, 2.75) is 32.2 Å². The van der Waals surface area contributed by atoms with Gasteiger partial charge in [-0.2, -0.15) is 0 Å². The first-order valence-corrected chi connectivity index (χ1v) is 6.94. The monoisotopic (exact) mass is 240 g/mol. The second-order valence-corrected chi connectivity index (χ2v) is 5.26. The quantitative estimate of drug-likeness (QED) is 0.866. The number of hydrogen-bond acceptors (Lipinski definition) is 2. The Labute approximate surface area is 108 Å². The molecule has 1 fully saturated rings. The van der Waals surface area contributed by atoms with Gasteiger partial charge in [-0.1, -0.05) is 37.6 Å². The molecule has 1 aliphatic rings. The lowest BCUT2D eigenvalue weighted by Crippen LogP contribution is -2.31. The molecule has 0 amide bonds. The number of pyridine rings is 1. The van der Waals surface area contributed by atoms with Crippen LogP contribution in [-0.4, -0.2) is 11.5 Å². The Bertz CT molecular complexity index is 530. The molecule has 0 spiro atoms. The smallest absolute Gasteiger partial charge is 0.0346 e. The minimum Gasteiger partial charge on any atom is -0.310 e. The van der Waals surface area contributed by atoms with E-state index in [4.69, 9.17) is 0 Å². The third-order valence-corrected chi connectivity index (χ3v) is 4.16. The minimum absolute atomic E-state index is 0.474. The van der Waals surface area contributed by atoms with Crippen molar-refractivity contribution < 1.29 is 0 Å². The van der Waals surface area contributed by atoms with Crippen molar-refractivity contribution in [2.75, 3.05) is 6.54 Å². The summed E-state index contributed by atoms with van der Waals surface area (Å²) in [6.45, 7) is 3.43. The molecule has 1 aliphatic heterocycles. The van der Waals surface area contributed by atoms with E-state index < -0.39 is 0 Å². The molecule has 0 saturated carbocycles. The molecule has 2 heterocycles. The topological polar surface area (TPSA) is 24.9 Å². The summed E-state index contributed by atoms with van der Waals surface area (Å²) in [6, 6.07) is 9.03. The van der Waals surface area contributed by atoms with Gasteiger partial charge >= 0.3 is 0 Å². The molecule has 1 N–H and O–H groups in total. The van der Waals surface area contributed by atoms with E-state index >= 15 is 0 Å². The summed E-state index contributed by atoms with van der Waals surface area (Å²) >= 11 is 0. The molecular formula is C16H20N2. The second kappa shape index (κ2) is 5.07. The highest BCUT2D eigenvalue weighted by Crippen LogP contribution is 2.32. The lowest BCUT2D eigenvalue weighted by atomic mass is 9.86. The molecule has 0 aliphatic carbocycles. The van der Waals surface area contributed by atoms with Crippen LogP contribution in [0.3, 0.4) is 0 Å². The highest BCUT2D eigenvalue weighted by molar-refractivity contribution is 5.85. The first-order valence-electron chi connectivity index (χ1n) is 6.94. The van der Waals surface area contributed by atoms with Crippen LogP contribution in [0.25, 0.3) is 10.8 Å². The van der Waals surface area contributed by atoms with Crippen molar-refractivity contribution in [2.24, 2.45) is 5.92 Å². The fourth-order valence-electron chi connectivity index (χ4n) is 3.02. The molecular weight excluding hydrogens is 220 g/mol. The maximum Gasteiger partial charge on any atom is 0.0346 e. The van der Waals surface area contributed by atoms with Crippen molar-refractivity contribution in [3.05, 3.63) is 42.2 Å². The van der Waals surface area contributed by atoms with Crippen molar-refractivity contribution in [3.63, 3.8) is 0 Å². The van der Waals surface area contributed by atoms with Crippen LogP contribution < -0.4 is 5.32 Å². The van der Waals surface area contributed by atoms with Crippen LogP contribution in [0.5, 0.6) is 0 Å². The molecule has 94 valence electrons. The predicted molar refractivity (Wildman–Crippen MR) is 75.5 cm³/mol. The zero-order chi connectivity index (χ0) is 12.4. The van der Waals surface area contributed by atoms with E-state index in [1.165, 1.54) is 35.6 Å². The van der Waals surface area contributed by atoms with Crippen molar-refractivity contribution in [1.29, 1.82) is 0 Å². The Morgan fingerprint density at radius 1 is 1.28 bits per heavy atom. The molecule has 2 aromatic rings. The van der Waals surface area contributed by atoms with E-state index in [-0.39, 0.29) is 0 Å². The number of piperidine rings is 1. The van der Waals surface area contributed by atoms with Gasteiger partial charge in [0.1, 0.15) is 0 Å². The molecule has 3 rings (SSSR count). The number of aromatic nitrogens is 1. The van der Waals surface area contributed by atoms with Crippen LogP contribution in [0.15, 0.2) is 36.7 Å². The highest BCUT2D eigenvalue weighted by Gasteiger charge is 2.22. The van der Waals surface area contributed by atoms with Gasteiger partial charge in [-0.3, -0.25) is 4.98 Å². The SMILES string of the molecule is CCC1CCNC(c2cncc3ccccc23)C1. The van der Waals surface area contributed by atoms with Crippen LogP contribution in [0.4, 0.5) is 0 Å². The fraction of sp³-hybridized carbons (Fsp3) is 0.438. The van der Waals surface area contributed by atoms with E-state index in [0.717, 1.165) is 12.5 Å². The number of rotatable bonds is 2. The molecule has 18 heavy (non-hydrogen) atoms. The van der Waals surface area contributed by atoms with E-state index in [2.05, 4.69) is 41.5 Å². The maximum atomic E-state index is 4.40. The zero-order valence-corrected chi connectivity index (χ0v) is 10.9. The maximum absolute atomic E-state index is 4.40. The molecule has 1 aromatic carbocycles. The standard InChI is InChI=1S/C16H20N2/c1-2-12-7-8-18-16(9-12)15-11-17-10-13-5-3-4-6-14(13)15/h3-6,10-12,16,18H,2,7-9H2,1H3. The molecule has 2 heteroatoms. The summed E-state index contributed by atoms with van der Waals surface area (Å²) in [6.07, 6.45) is 7.84. The summed E-state index contributed by atoms with van der Waals surface area (Å²) in [5.41, 5.74) is 1.37. The van der Waals surface area contributed by atoms with Gasteiger partial charge < -0.3 is 5.32 Å².